The highest BCUT2D eigenvalue weighted by Gasteiger charge is 2.09. The van der Waals surface area contributed by atoms with Gasteiger partial charge in [-0.1, -0.05) is 25.5 Å². The average molecular weight is 356 g/mol. The lowest BCUT2D eigenvalue weighted by Crippen LogP contribution is -2.30. The van der Waals surface area contributed by atoms with Crippen molar-refractivity contribution in [3.8, 4) is 0 Å². The molecule has 0 spiro atoms. The Morgan fingerprint density at radius 3 is 2.50 bits per heavy atom. The van der Waals surface area contributed by atoms with Gasteiger partial charge in [0.1, 0.15) is 5.69 Å². The van der Waals surface area contributed by atoms with Crippen LogP contribution in [0.4, 0.5) is 5.69 Å². The Morgan fingerprint density at radius 1 is 1.12 bits per heavy atom. The van der Waals surface area contributed by atoms with Crippen LogP contribution in [0.1, 0.15) is 42.2 Å². The lowest BCUT2D eigenvalue weighted by Gasteiger charge is -2.12. The van der Waals surface area contributed by atoms with Crippen molar-refractivity contribution in [3.63, 3.8) is 0 Å². The van der Waals surface area contributed by atoms with Crippen molar-refractivity contribution in [2.75, 3.05) is 25.5 Å². The Balaban J connectivity index is 1.82. The zero-order valence-corrected chi connectivity index (χ0v) is 15.9. The van der Waals surface area contributed by atoms with Gasteiger partial charge in [-0.2, -0.15) is 5.10 Å². The van der Waals surface area contributed by atoms with E-state index in [1.54, 1.807) is 0 Å². The number of carbonyl (C=O) groups excluding carboxylic acids is 1. The van der Waals surface area contributed by atoms with E-state index in [0.717, 1.165) is 25.7 Å². The Bertz CT molecular complexity index is 766. The third kappa shape index (κ3) is 5.72. The molecule has 140 valence electrons. The highest BCUT2D eigenvalue weighted by molar-refractivity contribution is 5.91. The molecule has 0 saturated carbocycles. The lowest BCUT2D eigenvalue weighted by molar-refractivity contribution is 0.0945. The first-order valence-electron chi connectivity index (χ1n) is 9.14. The van der Waals surface area contributed by atoms with Gasteiger partial charge < -0.3 is 10.2 Å². The second-order valence-electron chi connectivity index (χ2n) is 6.55. The molecule has 6 nitrogen and oxygen atoms in total. The smallest absolute Gasteiger partial charge is 0.271 e. The molecule has 0 aliphatic rings. The van der Waals surface area contributed by atoms with Gasteiger partial charge in [0.15, 0.2) is 0 Å². The first-order chi connectivity index (χ1) is 12.5. The summed E-state index contributed by atoms with van der Waals surface area (Å²) in [4.78, 5) is 26.0. The Hall–Kier alpha value is -2.63. The van der Waals surface area contributed by atoms with Gasteiger partial charge in [-0.3, -0.25) is 9.59 Å². The summed E-state index contributed by atoms with van der Waals surface area (Å²) < 4.78 is 1.37. The topological polar surface area (TPSA) is 67.2 Å². The molecular formula is C20H28N4O2. The molecule has 1 heterocycles. The van der Waals surface area contributed by atoms with Crippen LogP contribution in [0.3, 0.4) is 0 Å². The second-order valence-corrected chi connectivity index (χ2v) is 6.55. The molecule has 1 aromatic heterocycles. The number of hydrogen-bond acceptors (Lipinski definition) is 4. The zero-order chi connectivity index (χ0) is 18.9. The normalized spacial score (nSPS) is 10.6. The summed E-state index contributed by atoms with van der Waals surface area (Å²) in [5.41, 5.74) is 2.54. The van der Waals surface area contributed by atoms with Crippen molar-refractivity contribution in [3.05, 3.63) is 58.0 Å². The van der Waals surface area contributed by atoms with E-state index >= 15 is 0 Å². The maximum atomic E-state index is 12.2. The summed E-state index contributed by atoms with van der Waals surface area (Å²) in [6, 6.07) is 11.3. The van der Waals surface area contributed by atoms with Crippen molar-refractivity contribution >= 4 is 11.6 Å². The van der Waals surface area contributed by atoms with Crippen molar-refractivity contribution in [1.82, 2.24) is 15.1 Å². The molecule has 6 heteroatoms. The average Bonchev–Trinajstić information content (AvgIpc) is 2.64. The van der Waals surface area contributed by atoms with Gasteiger partial charge in [-0.15, -0.1) is 0 Å². The van der Waals surface area contributed by atoms with Gasteiger partial charge >= 0.3 is 0 Å². The first-order valence-corrected chi connectivity index (χ1v) is 9.14. The van der Waals surface area contributed by atoms with Gasteiger partial charge in [0.25, 0.3) is 11.5 Å². The van der Waals surface area contributed by atoms with E-state index < -0.39 is 0 Å². The largest absolute Gasteiger partial charge is 0.378 e. The maximum Gasteiger partial charge on any atom is 0.271 e. The van der Waals surface area contributed by atoms with Crippen LogP contribution in [-0.4, -0.2) is 36.3 Å². The highest BCUT2D eigenvalue weighted by atomic mass is 16.2. The Labute approximate surface area is 154 Å². The van der Waals surface area contributed by atoms with E-state index in [0.29, 0.717) is 13.1 Å². The zero-order valence-electron chi connectivity index (χ0n) is 15.9. The van der Waals surface area contributed by atoms with Crippen LogP contribution in [-0.2, 0) is 13.0 Å². The molecule has 0 saturated heterocycles. The highest BCUT2D eigenvalue weighted by Crippen LogP contribution is 2.13. The fraction of sp³-hybridized carbons (Fsp3) is 0.450. The van der Waals surface area contributed by atoms with E-state index in [9.17, 15) is 9.59 Å². The summed E-state index contributed by atoms with van der Waals surface area (Å²) in [7, 11) is 4.04. The molecule has 0 unspecified atom stereocenters. The predicted molar refractivity (Wildman–Crippen MR) is 105 cm³/mol. The number of hydrogen-bond donors (Lipinski definition) is 1. The summed E-state index contributed by atoms with van der Waals surface area (Å²) >= 11 is 0. The molecular weight excluding hydrogens is 328 g/mol. The van der Waals surface area contributed by atoms with Crippen LogP contribution in [0, 0.1) is 0 Å². The van der Waals surface area contributed by atoms with Crippen molar-refractivity contribution in [2.24, 2.45) is 0 Å². The molecule has 0 atom stereocenters. The molecule has 0 bridgehead atoms. The number of nitrogens with zero attached hydrogens (tertiary/aromatic N) is 3. The van der Waals surface area contributed by atoms with Gasteiger partial charge in [0.2, 0.25) is 0 Å². The number of benzene rings is 1. The summed E-state index contributed by atoms with van der Waals surface area (Å²) in [5.74, 6) is -0.238. The van der Waals surface area contributed by atoms with Crippen LogP contribution in [0.2, 0.25) is 0 Å². The number of nitrogens with one attached hydrogen (secondary N) is 1. The SMILES string of the molecule is CCCCn1nc(C(=O)NCCCc2ccc(N(C)C)cc2)ccc1=O. The number of amides is 1. The monoisotopic (exact) mass is 356 g/mol. The number of carbonyl (C=O) groups is 1. The van der Waals surface area contributed by atoms with Crippen LogP contribution in [0.15, 0.2) is 41.2 Å². The minimum atomic E-state index is -0.238. The first kappa shape index (κ1) is 19.7. The van der Waals surface area contributed by atoms with Crippen LogP contribution >= 0.6 is 0 Å². The predicted octanol–water partition coefficient (Wildman–Crippen LogP) is 2.47. The molecule has 26 heavy (non-hydrogen) atoms. The summed E-state index contributed by atoms with van der Waals surface area (Å²) in [6.45, 7) is 3.17. The molecule has 0 fully saturated rings. The number of anilines is 1. The molecule has 1 amide bonds. The fourth-order valence-electron chi connectivity index (χ4n) is 2.58. The lowest BCUT2D eigenvalue weighted by atomic mass is 10.1. The minimum absolute atomic E-state index is 0.170. The molecule has 1 N–H and O–H groups in total. The third-order valence-corrected chi connectivity index (χ3v) is 4.20. The van der Waals surface area contributed by atoms with Crippen LogP contribution in [0.25, 0.3) is 0 Å². The third-order valence-electron chi connectivity index (χ3n) is 4.20. The van der Waals surface area contributed by atoms with Gasteiger partial charge in [-0.05, 0) is 43.0 Å². The standard InChI is InChI=1S/C20H28N4O2/c1-4-5-15-24-19(25)13-12-18(22-24)20(26)21-14-6-7-16-8-10-17(11-9-16)23(2)3/h8-13H,4-7,14-15H2,1-3H3,(H,21,26). The number of rotatable bonds is 9. The van der Waals surface area contributed by atoms with Crippen LogP contribution < -0.4 is 15.8 Å². The van der Waals surface area contributed by atoms with Crippen molar-refractivity contribution in [2.45, 2.75) is 39.2 Å². The van der Waals surface area contributed by atoms with E-state index in [1.165, 1.54) is 28.1 Å². The van der Waals surface area contributed by atoms with Crippen molar-refractivity contribution in [1.29, 1.82) is 0 Å². The number of aromatic nitrogens is 2. The number of unbranched alkanes of at least 4 members (excludes halogenated alkanes) is 1. The van der Waals surface area contributed by atoms with Crippen molar-refractivity contribution < 1.29 is 4.79 Å². The molecule has 0 aliphatic heterocycles. The molecule has 2 aromatic rings. The summed E-state index contributed by atoms with van der Waals surface area (Å²) in [5, 5.41) is 7.04. The van der Waals surface area contributed by atoms with Gasteiger partial charge in [-0.25, -0.2) is 4.68 Å². The minimum Gasteiger partial charge on any atom is -0.378 e. The Morgan fingerprint density at radius 2 is 1.85 bits per heavy atom. The Kier molecular flexibility index (Phi) is 7.38. The molecule has 0 aliphatic carbocycles. The molecule has 0 radical (unpaired) electrons. The van der Waals surface area contributed by atoms with Crippen LogP contribution in [0.5, 0.6) is 0 Å². The van der Waals surface area contributed by atoms with E-state index in [2.05, 4.69) is 46.5 Å². The second kappa shape index (κ2) is 9.75. The maximum absolute atomic E-state index is 12.2. The van der Waals surface area contributed by atoms with E-state index in [1.807, 2.05) is 14.1 Å². The fourth-order valence-corrected chi connectivity index (χ4v) is 2.58. The van der Waals surface area contributed by atoms with E-state index in [4.69, 9.17) is 0 Å². The van der Waals surface area contributed by atoms with Gasteiger partial charge in [0.05, 0.1) is 0 Å². The molecule has 2 rings (SSSR count). The van der Waals surface area contributed by atoms with Gasteiger partial charge in [0, 0.05) is 38.9 Å². The summed E-state index contributed by atoms with van der Waals surface area (Å²) in [6.07, 6.45) is 3.59. The quantitative estimate of drug-likeness (QED) is 0.701. The molecule has 1 aromatic carbocycles. The number of aryl methyl sites for hydroxylation is 2. The van der Waals surface area contributed by atoms with E-state index in [-0.39, 0.29) is 17.2 Å².